The summed E-state index contributed by atoms with van der Waals surface area (Å²) in [6, 6.07) is 1.97. The highest BCUT2D eigenvalue weighted by Crippen LogP contribution is 2.13. The Morgan fingerprint density at radius 1 is 1.29 bits per heavy atom. The van der Waals surface area contributed by atoms with Gasteiger partial charge in [-0.3, -0.25) is 14.2 Å². The van der Waals surface area contributed by atoms with Gasteiger partial charge in [0.25, 0.3) is 0 Å². The maximum atomic E-state index is 11.8. The quantitative estimate of drug-likeness (QED) is 0.795. The first kappa shape index (κ1) is 15.6. The van der Waals surface area contributed by atoms with Gasteiger partial charge in [0.15, 0.2) is 0 Å². The zero-order valence-corrected chi connectivity index (χ0v) is 13.1. The molecule has 0 fully saturated rings. The molecule has 2 aromatic heterocycles. The van der Waals surface area contributed by atoms with E-state index in [0.717, 1.165) is 24.4 Å². The minimum atomic E-state index is 0.0261. The molecule has 1 N–H and O–H groups in total. The Morgan fingerprint density at radius 3 is 2.71 bits per heavy atom. The molecule has 1 amide bonds. The molecule has 21 heavy (non-hydrogen) atoms. The van der Waals surface area contributed by atoms with E-state index in [1.54, 1.807) is 17.1 Å². The molecule has 0 aliphatic rings. The summed E-state index contributed by atoms with van der Waals surface area (Å²) >= 11 is 5.92. The van der Waals surface area contributed by atoms with Crippen LogP contribution in [0.15, 0.2) is 18.5 Å². The largest absolute Gasteiger partial charge is 0.356 e. The molecule has 0 bridgehead atoms. The van der Waals surface area contributed by atoms with Gasteiger partial charge in [-0.15, -0.1) is 0 Å². The minimum absolute atomic E-state index is 0.0261. The number of nitrogens with one attached hydrogen (secondary N) is 1. The first-order chi connectivity index (χ1) is 10.1. The highest BCUT2D eigenvalue weighted by Gasteiger charge is 2.06. The van der Waals surface area contributed by atoms with Gasteiger partial charge in [-0.05, 0) is 26.3 Å². The lowest BCUT2D eigenvalue weighted by Crippen LogP contribution is -2.26. The van der Waals surface area contributed by atoms with Crippen molar-refractivity contribution in [2.24, 2.45) is 0 Å². The Labute approximate surface area is 129 Å². The summed E-state index contributed by atoms with van der Waals surface area (Å²) in [6.45, 7) is 5.91. The van der Waals surface area contributed by atoms with Crippen LogP contribution in [0, 0.1) is 13.8 Å². The van der Waals surface area contributed by atoms with E-state index in [0.29, 0.717) is 24.5 Å². The van der Waals surface area contributed by atoms with Crippen LogP contribution in [0.4, 0.5) is 0 Å². The van der Waals surface area contributed by atoms with Gasteiger partial charge in [0.05, 0.1) is 23.5 Å². The molecule has 0 unspecified atom stereocenters. The second-order valence-corrected chi connectivity index (χ2v) is 5.36. The van der Waals surface area contributed by atoms with Gasteiger partial charge >= 0.3 is 0 Å². The summed E-state index contributed by atoms with van der Waals surface area (Å²) in [6.07, 6.45) is 4.65. The van der Waals surface area contributed by atoms with Crippen molar-refractivity contribution in [1.82, 2.24) is 24.9 Å². The predicted molar refractivity (Wildman–Crippen MR) is 81.2 cm³/mol. The van der Waals surface area contributed by atoms with Crippen LogP contribution in [-0.4, -0.2) is 32.0 Å². The molecule has 0 saturated heterocycles. The Kier molecular flexibility index (Phi) is 5.38. The van der Waals surface area contributed by atoms with Crippen molar-refractivity contribution >= 4 is 17.5 Å². The molecular weight excluding hydrogens is 290 g/mol. The molecule has 2 heterocycles. The minimum Gasteiger partial charge on any atom is -0.356 e. The summed E-state index contributed by atoms with van der Waals surface area (Å²) in [5.74, 6) is 0.0261. The third-order valence-electron chi connectivity index (χ3n) is 3.39. The summed E-state index contributed by atoms with van der Waals surface area (Å²) in [5.41, 5.74) is 2.02. The van der Waals surface area contributed by atoms with Gasteiger partial charge in [0, 0.05) is 31.4 Å². The van der Waals surface area contributed by atoms with Crippen LogP contribution in [0.25, 0.3) is 0 Å². The van der Waals surface area contributed by atoms with Crippen molar-refractivity contribution in [2.75, 3.05) is 6.54 Å². The van der Waals surface area contributed by atoms with Crippen LogP contribution >= 0.6 is 11.6 Å². The fraction of sp³-hybridized carbons (Fsp3) is 0.500. The molecule has 0 aliphatic carbocycles. The van der Waals surface area contributed by atoms with Crippen LogP contribution in [0.2, 0.25) is 5.02 Å². The normalized spacial score (nSPS) is 10.8. The molecule has 2 aromatic rings. The van der Waals surface area contributed by atoms with Gasteiger partial charge in [0.1, 0.15) is 0 Å². The third kappa shape index (κ3) is 4.32. The average Bonchev–Trinajstić information content (AvgIpc) is 3.01. The number of hydrogen-bond acceptors (Lipinski definition) is 3. The first-order valence-electron chi connectivity index (χ1n) is 7.01. The van der Waals surface area contributed by atoms with E-state index in [4.69, 9.17) is 11.6 Å². The van der Waals surface area contributed by atoms with E-state index in [1.807, 2.05) is 24.6 Å². The van der Waals surface area contributed by atoms with Crippen molar-refractivity contribution in [3.63, 3.8) is 0 Å². The molecule has 0 saturated carbocycles. The second kappa shape index (κ2) is 7.26. The monoisotopic (exact) mass is 309 g/mol. The number of rotatable bonds is 7. The third-order valence-corrected chi connectivity index (χ3v) is 3.76. The zero-order valence-electron chi connectivity index (χ0n) is 12.3. The molecule has 2 rings (SSSR count). The van der Waals surface area contributed by atoms with Crippen LogP contribution in [0.3, 0.4) is 0 Å². The lowest BCUT2D eigenvalue weighted by molar-refractivity contribution is -0.121. The van der Waals surface area contributed by atoms with Gasteiger partial charge in [-0.25, -0.2) is 0 Å². The molecule has 114 valence electrons. The van der Waals surface area contributed by atoms with E-state index in [9.17, 15) is 4.79 Å². The number of carbonyl (C=O) groups excluding carboxylic acids is 1. The highest BCUT2D eigenvalue weighted by atomic mass is 35.5. The van der Waals surface area contributed by atoms with E-state index >= 15 is 0 Å². The van der Waals surface area contributed by atoms with Crippen LogP contribution in [0.5, 0.6) is 0 Å². The highest BCUT2D eigenvalue weighted by molar-refractivity contribution is 6.31. The number of hydrogen-bond donors (Lipinski definition) is 1. The topological polar surface area (TPSA) is 64.7 Å². The zero-order chi connectivity index (χ0) is 15.2. The molecular formula is C14H20ClN5O. The van der Waals surface area contributed by atoms with Gasteiger partial charge < -0.3 is 5.32 Å². The van der Waals surface area contributed by atoms with Crippen molar-refractivity contribution in [1.29, 1.82) is 0 Å². The lowest BCUT2D eigenvalue weighted by atomic mass is 10.3. The average molecular weight is 310 g/mol. The second-order valence-electron chi connectivity index (χ2n) is 4.95. The van der Waals surface area contributed by atoms with Gasteiger partial charge in [-0.1, -0.05) is 11.6 Å². The SMILES string of the molecule is Cc1ccnn1CCCNC(=O)CCn1ncc(Cl)c1C. The fourth-order valence-electron chi connectivity index (χ4n) is 2.03. The number of carbonyl (C=O) groups is 1. The Balaban J connectivity index is 1.64. The Morgan fingerprint density at radius 2 is 2.10 bits per heavy atom. The van der Waals surface area contributed by atoms with Gasteiger partial charge in [0.2, 0.25) is 5.91 Å². The van der Waals surface area contributed by atoms with E-state index in [-0.39, 0.29) is 5.91 Å². The molecule has 0 atom stereocenters. The first-order valence-corrected chi connectivity index (χ1v) is 7.38. The summed E-state index contributed by atoms with van der Waals surface area (Å²) in [4.78, 5) is 11.8. The molecule has 0 spiro atoms. The number of halogens is 1. The number of amides is 1. The smallest absolute Gasteiger partial charge is 0.221 e. The molecule has 7 heteroatoms. The van der Waals surface area contributed by atoms with Crippen LogP contribution in [0.1, 0.15) is 24.2 Å². The molecule has 0 aromatic carbocycles. The van der Waals surface area contributed by atoms with Crippen molar-refractivity contribution in [3.8, 4) is 0 Å². The fourth-order valence-corrected chi connectivity index (χ4v) is 2.18. The molecule has 0 radical (unpaired) electrons. The van der Waals surface area contributed by atoms with E-state index in [2.05, 4.69) is 15.5 Å². The Bertz CT molecular complexity index is 604. The van der Waals surface area contributed by atoms with E-state index < -0.39 is 0 Å². The summed E-state index contributed by atoms with van der Waals surface area (Å²) < 4.78 is 3.68. The van der Waals surface area contributed by atoms with Crippen molar-refractivity contribution in [2.45, 2.75) is 39.8 Å². The Hall–Kier alpha value is -1.82. The number of nitrogens with zero attached hydrogens (tertiary/aromatic N) is 4. The standard InChI is InChI=1S/C14H20ClN5O/c1-11-4-7-17-19(11)8-3-6-16-14(21)5-9-20-12(2)13(15)10-18-20/h4,7,10H,3,5-6,8-9H2,1-2H3,(H,16,21). The van der Waals surface area contributed by atoms with Crippen molar-refractivity contribution in [3.05, 3.63) is 34.9 Å². The van der Waals surface area contributed by atoms with Gasteiger partial charge in [-0.2, -0.15) is 10.2 Å². The van der Waals surface area contributed by atoms with Crippen LogP contribution in [-0.2, 0) is 17.9 Å². The van der Waals surface area contributed by atoms with Crippen molar-refractivity contribution < 1.29 is 4.79 Å². The number of aromatic nitrogens is 4. The summed E-state index contributed by atoms with van der Waals surface area (Å²) in [5, 5.41) is 11.9. The summed E-state index contributed by atoms with van der Waals surface area (Å²) in [7, 11) is 0. The number of aryl methyl sites for hydroxylation is 3. The maximum absolute atomic E-state index is 11.8. The predicted octanol–water partition coefficient (Wildman–Crippen LogP) is 1.95. The van der Waals surface area contributed by atoms with Crippen LogP contribution < -0.4 is 5.32 Å². The molecule has 0 aliphatic heterocycles. The van der Waals surface area contributed by atoms with E-state index in [1.165, 1.54) is 0 Å². The lowest BCUT2D eigenvalue weighted by Gasteiger charge is -2.07. The molecule has 6 nitrogen and oxygen atoms in total. The maximum Gasteiger partial charge on any atom is 0.221 e.